The number of carboxylic acids is 1. The van der Waals surface area contributed by atoms with Crippen LogP contribution < -0.4 is 5.32 Å². The molecule has 0 aromatic carbocycles. The fourth-order valence-electron chi connectivity index (χ4n) is 1.38. The number of carbonyl (C=O) groups is 1. The van der Waals surface area contributed by atoms with E-state index < -0.39 is 12.0 Å². The van der Waals surface area contributed by atoms with E-state index in [9.17, 15) is 4.79 Å². The van der Waals surface area contributed by atoms with Crippen LogP contribution in [-0.4, -0.2) is 35.9 Å². The molecule has 0 aromatic heterocycles. The van der Waals surface area contributed by atoms with Gasteiger partial charge in [0.1, 0.15) is 6.04 Å². The van der Waals surface area contributed by atoms with Gasteiger partial charge in [-0.3, -0.25) is 4.79 Å². The first-order valence-electron chi connectivity index (χ1n) is 4.21. The van der Waals surface area contributed by atoms with Gasteiger partial charge >= 0.3 is 5.97 Å². The normalized spacial score (nSPS) is 29.6. The Labute approximate surface area is 71.9 Å². The van der Waals surface area contributed by atoms with Crippen molar-refractivity contribution in [2.45, 2.75) is 38.5 Å². The van der Waals surface area contributed by atoms with Gasteiger partial charge in [0.2, 0.25) is 0 Å². The molecule has 1 heterocycles. The first-order chi connectivity index (χ1) is 5.59. The molecule has 1 aliphatic rings. The summed E-state index contributed by atoms with van der Waals surface area (Å²) >= 11 is 0. The van der Waals surface area contributed by atoms with Crippen LogP contribution in [0.25, 0.3) is 0 Å². The lowest BCUT2D eigenvalue weighted by Gasteiger charge is -2.13. The van der Waals surface area contributed by atoms with E-state index in [4.69, 9.17) is 9.84 Å². The van der Waals surface area contributed by atoms with Gasteiger partial charge in [0.05, 0.1) is 12.2 Å². The molecule has 70 valence electrons. The molecule has 4 heteroatoms. The first-order valence-corrected chi connectivity index (χ1v) is 4.21. The minimum atomic E-state index is -0.787. The van der Waals surface area contributed by atoms with Crippen LogP contribution in [0, 0.1) is 0 Å². The summed E-state index contributed by atoms with van der Waals surface area (Å²) in [4.78, 5) is 10.5. The lowest BCUT2D eigenvalue weighted by atomic mass is 10.2. The third-order valence-electron chi connectivity index (χ3n) is 1.85. The van der Waals surface area contributed by atoms with Crippen LogP contribution in [0.15, 0.2) is 0 Å². The Balaban J connectivity index is 2.30. The lowest BCUT2D eigenvalue weighted by Crippen LogP contribution is -2.30. The molecule has 0 spiro atoms. The fourth-order valence-corrected chi connectivity index (χ4v) is 1.38. The van der Waals surface area contributed by atoms with Crippen molar-refractivity contribution < 1.29 is 14.6 Å². The highest BCUT2D eigenvalue weighted by Gasteiger charge is 2.29. The Morgan fingerprint density at radius 3 is 2.75 bits per heavy atom. The molecule has 1 saturated heterocycles. The van der Waals surface area contributed by atoms with Crippen molar-refractivity contribution >= 4 is 5.97 Å². The molecular formula is C8H15NO3. The Bertz CT molecular complexity index is 170. The molecule has 0 aliphatic carbocycles. The quantitative estimate of drug-likeness (QED) is 0.641. The molecule has 0 radical (unpaired) electrons. The van der Waals surface area contributed by atoms with Crippen molar-refractivity contribution in [1.82, 2.24) is 5.32 Å². The molecule has 2 N–H and O–H groups in total. The zero-order valence-corrected chi connectivity index (χ0v) is 7.41. The summed E-state index contributed by atoms with van der Waals surface area (Å²) in [5.41, 5.74) is 0. The molecule has 12 heavy (non-hydrogen) atoms. The molecule has 0 bridgehead atoms. The molecule has 0 saturated carbocycles. The summed E-state index contributed by atoms with van der Waals surface area (Å²) in [6.07, 6.45) is 0.809. The highest BCUT2D eigenvalue weighted by atomic mass is 16.5. The molecular weight excluding hydrogens is 158 g/mol. The van der Waals surface area contributed by atoms with Crippen LogP contribution in [0.2, 0.25) is 0 Å². The zero-order chi connectivity index (χ0) is 9.14. The van der Waals surface area contributed by atoms with Gasteiger partial charge in [0.25, 0.3) is 0 Å². The van der Waals surface area contributed by atoms with Crippen molar-refractivity contribution in [2.24, 2.45) is 0 Å². The van der Waals surface area contributed by atoms with E-state index in [1.807, 2.05) is 13.8 Å². The molecule has 2 atom stereocenters. The summed E-state index contributed by atoms with van der Waals surface area (Å²) in [6.45, 7) is 4.55. The SMILES string of the molecule is CC(C)O[C@H]1CN[C@H](C(=O)O)C1. The second-order valence-corrected chi connectivity index (χ2v) is 3.34. The molecule has 4 nitrogen and oxygen atoms in total. The number of rotatable bonds is 3. The van der Waals surface area contributed by atoms with Crippen LogP contribution in [-0.2, 0) is 9.53 Å². The summed E-state index contributed by atoms with van der Waals surface area (Å²) in [6, 6.07) is -0.422. The number of hydrogen-bond acceptors (Lipinski definition) is 3. The minimum absolute atomic E-state index is 0.0612. The molecule has 1 aliphatic heterocycles. The van der Waals surface area contributed by atoms with Crippen molar-refractivity contribution in [1.29, 1.82) is 0 Å². The van der Waals surface area contributed by atoms with E-state index >= 15 is 0 Å². The van der Waals surface area contributed by atoms with Gasteiger partial charge in [-0.15, -0.1) is 0 Å². The van der Waals surface area contributed by atoms with Gasteiger partial charge in [0.15, 0.2) is 0 Å². The van der Waals surface area contributed by atoms with Crippen LogP contribution >= 0.6 is 0 Å². The van der Waals surface area contributed by atoms with Crippen molar-refractivity contribution in [3.05, 3.63) is 0 Å². The topological polar surface area (TPSA) is 58.6 Å². The number of carboxylic acid groups (broad SMARTS) is 1. The van der Waals surface area contributed by atoms with E-state index in [-0.39, 0.29) is 12.2 Å². The average molecular weight is 173 g/mol. The predicted octanol–water partition coefficient (Wildman–Crippen LogP) is 0.226. The smallest absolute Gasteiger partial charge is 0.320 e. The number of aliphatic carboxylic acids is 1. The third kappa shape index (κ3) is 2.46. The Morgan fingerprint density at radius 1 is 1.67 bits per heavy atom. The average Bonchev–Trinajstić information content (AvgIpc) is 2.34. The monoisotopic (exact) mass is 173 g/mol. The van der Waals surface area contributed by atoms with E-state index in [0.717, 1.165) is 0 Å². The molecule has 1 fully saturated rings. The predicted molar refractivity (Wildman–Crippen MR) is 44.1 cm³/mol. The third-order valence-corrected chi connectivity index (χ3v) is 1.85. The highest BCUT2D eigenvalue weighted by molar-refractivity contribution is 5.73. The largest absolute Gasteiger partial charge is 0.480 e. The maximum atomic E-state index is 10.5. The lowest BCUT2D eigenvalue weighted by molar-refractivity contribution is -0.139. The number of ether oxygens (including phenoxy) is 1. The van der Waals surface area contributed by atoms with E-state index in [1.165, 1.54) is 0 Å². The second kappa shape index (κ2) is 3.87. The number of hydrogen-bond donors (Lipinski definition) is 2. The minimum Gasteiger partial charge on any atom is -0.480 e. The van der Waals surface area contributed by atoms with Gasteiger partial charge in [-0.25, -0.2) is 0 Å². The van der Waals surface area contributed by atoms with Gasteiger partial charge in [-0.2, -0.15) is 0 Å². The molecule has 0 amide bonds. The van der Waals surface area contributed by atoms with Gasteiger partial charge < -0.3 is 15.2 Å². The zero-order valence-electron chi connectivity index (χ0n) is 7.41. The Hall–Kier alpha value is -0.610. The van der Waals surface area contributed by atoms with Gasteiger partial charge in [0, 0.05) is 13.0 Å². The standard InChI is InChI=1S/C8H15NO3/c1-5(2)12-6-3-7(8(10)11)9-4-6/h5-7,9H,3-4H2,1-2H3,(H,10,11)/t6-,7+/m1/s1. The van der Waals surface area contributed by atoms with Crippen molar-refractivity contribution in [2.75, 3.05) is 6.54 Å². The number of nitrogens with one attached hydrogen (secondary N) is 1. The van der Waals surface area contributed by atoms with E-state index in [1.54, 1.807) is 0 Å². The first kappa shape index (κ1) is 9.48. The second-order valence-electron chi connectivity index (χ2n) is 3.34. The Morgan fingerprint density at radius 2 is 2.33 bits per heavy atom. The maximum Gasteiger partial charge on any atom is 0.320 e. The molecule has 0 unspecified atom stereocenters. The van der Waals surface area contributed by atoms with Gasteiger partial charge in [-0.05, 0) is 13.8 Å². The summed E-state index contributed by atoms with van der Waals surface area (Å²) in [5.74, 6) is -0.787. The van der Waals surface area contributed by atoms with Gasteiger partial charge in [-0.1, -0.05) is 0 Å². The molecule has 1 rings (SSSR count). The summed E-state index contributed by atoms with van der Waals surface area (Å²) < 4.78 is 5.47. The van der Waals surface area contributed by atoms with Crippen molar-refractivity contribution in [3.8, 4) is 0 Å². The fraction of sp³-hybridized carbons (Fsp3) is 0.875. The van der Waals surface area contributed by atoms with Crippen molar-refractivity contribution in [3.63, 3.8) is 0 Å². The maximum absolute atomic E-state index is 10.5. The van der Waals surface area contributed by atoms with Crippen LogP contribution in [0.3, 0.4) is 0 Å². The van der Waals surface area contributed by atoms with Crippen LogP contribution in [0.5, 0.6) is 0 Å². The van der Waals surface area contributed by atoms with E-state index in [2.05, 4.69) is 5.32 Å². The van der Waals surface area contributed by atoms with Crippen LogP contribution in [0.4, 0.5) is 0 Å². The van der Waals surface area contributed by atoms with Crippen LogP contribution in [0.1, 0.15) is 20.3 Å². The molecule has 0 aromatic rings. The summed E-state index contributed by atoms with van der Waals surface area (Å²) in [7, 11) is 0. The summed E-state index contributed by atoms with van der Waals surface area (Å²) in [5, 5.41) is 11.5. The Kier molecular flexibility index (Phi) is 3.05. The van der Waals surface area contributed by atoms with E-state index in [0.29, 0.717) is 13.0 Å². The highest BCUT2D eigenvalue weighted by Crippen LogP contribution is 2.12.